The first-order chi connectivity index (χ1) is 9.67. The smallest absolute Gasteiger partial charge is 0.408 e. The third kappa shape index (κ3) is 6.60. The highest BCUT2D eigenvalue weighted by molar-refractivity contribution is 5.80. The number of halogens is 1. The molecule has 1 atom stereocenters. The molecule has 2 N–H and O–H groups in total. The lowest BCUT2D eigenvalue weighted by Crippen LogP contribution is -2.46. The van der Waals surface area contributed by atoms with Gasteiger partial charge < -0.3 is 19.9 Å². The number of alkyl carbamates (subject to hydrolysis) is 1. The van der Waals surface area contributed by atoms with Gasteiger partial charge in [0.1, 0.15) is 23.8 Å². The number of hydrogen-bond donors (Lipinski definition) is 2. The molecule has 0 radical (unpaired) electrons. The van der Waals surface area contributed by atoms with Gasteiger partial charge in [-0.05, 0) is 32.9 Å². The standard InChI is InChI=1S/C14H18FNO5/c1-14(2,3)21-13(19)16-11(12(17)18)8-20-10-6-4-5-9(15)7-10/h4-7,11H,8H2,1-3H3,(H,16,19)(H,17,18)/t11-/m1/s1. The van der Waals surface area contributed by atoms with E-state index in [0.29, 0.717) is 0 Å². The van der Waals surface area contributed by atoms with Crippen molar-refractivity contribution in [3.63, 3.8) is 0 Å². The zero-order valence-corrected chi connectivity index (χ0v) is 12.1. The topological polar surface area (TPSA) is 84.9 Å². The molecule has 7 heteroatoms. The number of carbonyl (C=O) groups is 2. The van der Waals surface area contributed by atoms with Gasteiger partial charge in [-0.1, -0.05) is 6.07 Å². The van der Waals surface area contributed by atoms with E-state index in [1.165, 1.54) is 18.2 Å². The summed E-state index contributed by atoms with van der Waals surface area (Å²) in [5.41, 5.74) is -0.740. The average Bonchev–Trinajstić information content (AvgIpc) is 2.32. The maximum atomic E-state index is 13.0. The van der Waals surface area contributed by atoms with Crippen molar-refractivity contribution in [2.75, 3.05) is 6.61 Å². The van der Waals surface area contributed by atoms with Crippen LogP contribution < -0.4 is 10.1 Å². The Kier molecular flexibility index (Phi) is 5.52. The fourth-order valence-electron chi connectivity index (χ4n) is 1.36. The highest BCUT2D eigenvalue weighted by Crippen LogP contribution is 2.12. The maximum Gasteiger partial charge on any atom is 0.408 e. The normalized spacial score (nSPS) is 12.4. The van der Waals surface area contributed by atoms with Crippen LogP contribution in [0.15, 0.2) is 24.3 Å². The van der Waals surface area contributed by atoms with Gasteiger partial charge >= 0.3 is 12.1 Å². The van der Waals surface area contributed by atoms with Crippen molar-refractivity contribution < 1.29 is 28.6 Å². The summed E-state index contributed by atoms with van der Waals surface area (Å²) < 4.78 is 23.1. The summed E-state index contributed by atoms with van der Waals surface area (Å²) in [7, 11) is 0. The summed E-state index contributed by atoms with van der Waals surface area (Å²) in [4.78, 5) is 22.6. The van der Waals surface area contributed by atoms with Crippen molar-refractivity contribution in [2.24, 2.45) is 0 Å². The monoisotopic (exact) mass is 299 g/mol. The summed E-state index contributed by atoms with van der Waals surface area (Å²) in [5, 5.41) is 11.2. The molecule has 0 unspecified atom stereocenters. The van der Waals surface area contributed by atoms with E-state index in [1.807, 2.05) is 0 Å². The summed E-state index contributed by atoms with van der Waals surface area (Å²) >= 11 is 0. The van der Waals surface area contributed by atoms with Gasteiger partial charge in [0.15, 0.2) is 6.04 Å². The van der Waals surface area contributed by atoms with Crippen LogP contribution >= 0.6 is 0 Å². The third-order valence-corrected chi connectivity index (χ3v) is 2.20. The molecule has 0 aliphatic carbocycles. The first-order valence-corrected chi connectivity index (χ1v) is 6.28. The number of hydrogen-bond acceptors (Lipinski definition) is 4. The second-order valence-electron chi connectivity index (χ2n) is 5.31. The van der Waals surface area contributed by atoms with Crippen LogP contribution in [0.4, 0.5) is 9.18 Å². The summed E-state index contributed by atoms with van der Waals surface area (Å²) in [6.07, 6.45) is -0.863. The molecule has 1 rings (SSSR count). The van der Waals surface area contributed by atoms with Crippen molar-refractivity contribution >= 4 is 12.1 Å². The summed E-state index contributed by atoms with van der Waals surface area (Å²) in [6, 6.07) is 3.97. The number of carboxylic acids is 1. The second kappa shape index (κ2) is 6.92. The number of carbonyl (C=O) groups excluding carboxylic acids is 1. The van der Waals surface area contributed by atoms with E-state index in [1.54, 1.807) is 20.8 Å². The number of nitrogens with one attached hydrogen (secondary N) is 1. The highest BCUT2D eigenvalue weighted by Gasteiger charge is 2.24. The van der Waals surface area contributed by atoms with Gasteiger partial charge in [-0.25, -0.2) is 14.0 Å². The second-order valence-corrected chi connectivity index (χ2v) is 5.31. The number of aliphatic carboxylic acids is 1. The largest absolute Gasteiger partial charge is 0.491 e. The number of carboxylic acid groups (broad SMARTS) is 1. The molecule has 0 heterocycles. The molecular weight excluding hydrogens is 281 g/mol. The van der Waals surface area contributed by atoms with Crippen molar-refractivity contribution in [1.29, 1.82) is 0 Å². The van der Waals surface area contributed by atoms with E-state index >= 15 is 0 Å². The molecule has 0 saturated heterocycles. The van der Waals surface area contributed by atoms with E-state index in [4.69, 9.17) is 14.6 Å². The van der Waals surface area contributed by atoms with Gasteiger partial charge in [0.25, 0.3) is 0 Å². The van der Waals surface area contributed by atoms with Crippen LogP contribution in [0, 0.1) is 5.82 Å². The quantitative estimate of drug-likeness (QED) is 0.870. The van der Waals surface area contributed by atoms with E-state index in [0.717, 1.165) is 6.07 Å². The first kappa shape index (κ1) is 16.7. The Bertz CT molecular complexity index is 512. The zero-order valence-electron chi connectivity index (χ0n) is 12.1. The molecule has 0 bridgehead atoms. The Morgan fingerprint density at radius 2 is 2.05 bits per heavy atom. The summed E-state index contributed by atoms with van der Waals surface area (Å²) in [5.74, 6) is -1.61. The van der Waals surface area contributed by atoms with Crippen LogP contribution in [-0.4, -0.2) is 35.4 Å². The molecule has 6 nitrogen and oxygen atoms in total. The Morgan fingerprint density at radius 3 is 2.57 bits per heavy atom. The SMILES string of the molecule is CC(C)(C)OC(=O)N[C@H](COc1cccc(F)c1)C(=O)O. The molecule has 116 valence electrons. The molecule has 1 aromatic carbocycles. The number of ether oxygens (including phenoxy) is 2. The van der Waals surface area contributed by atoms with Gasteiger partial charge in [0, 0.05) is 6.07 Å². The number of rotatable bonds is 5. The molecule has 1 amide bonds. The highest BCUT2D eigenvalue weighted by atomic mass is 19.1. The molecular formula is C14H18FNO5. The predicted molar refractivity (Wildman–Crippen MR) is 72.7 cm³/mol. The minimum atomic E-state index is -1.30. The Labute approximate surface area is 121 Å². The van der Waals surface area contributed by atoms with Crippen LogP contribution in [0.2, 0.25) is 0 Å². The molecule has 0 saturated carbocycles. The van der Waals surface area contributed by atoms with Crippen LogP contribution in [0.5, 0.6) is 5.75 Å². The van der Waals surface area contributed by atoms with Crippen LogP contribution in [0.25, 0.3) is 0 Å². The Hall–Kier alpha value is -2.31. The van der Waals surface area contributed by atoms with Crippen molar-refractivity contribution in [3.05, 3.63) is 30.1 Å². The average molecular weight is 299 g/mol. The van der Waals surface area contributed by atoms with Crippen LogP contribution in [-0.2, 0) is 9.53 Å². The molecule has 1 aromatic rings. The number of amides is 1. The predicted octanol–water partition coefficient (Wildman–Crippen LogP) is 2.18. The van der Waals surface area contributed by atoms with Crippen molar-refractivity contribution in [3.8, 4) is 5.75 Å². The molecule has 21 heavy (non-hydrogen) atoms. The van der Waals surface area contributed by atoms with E-state index in [-0.39, 0.29) is 12.4 Å². The molecule has 0 fully saturated rings. The molecule has 0 aromatic heterocycles. The van der Waals surface area contributed by atoms with E-state index < -0.39 is 29.5 Å². The molecule has 0 aliphatic heterocycles. The van der Waals surface area contributed by atoms with Crippen LogP contribution in [0.1, 0.15) is 20.8 Å². The fourth-order valence-corrected chi connectivity index (χ4v) is 1.36. The molecule has 0 spiro atoms. The fraction of sp³-hybridized carbons (Fsp3) is 0.429. The zero-order chi connectivity index (χ0) is 16.0. The lowest BCUT2D eigenvalue weighted by molar-refractivity contribution is -0.140. The lowest BCUT2D eigenvalue weighted by Gasteiger charge is -2.22. The minimum Gasteiger partial charge on any atom is -0.491 e. The van der Waals surface area contributed by atoms with Crippen LogP contribution in [0.3, 0.4) is 0 Å². The van der Waals surface area contributed by atoms with E-state index in [2.05, 4.69) is 5.32 Å². The van der Waals surface area contributed by atoms with E-state index in [9.17, 15) is 14.0 Å². The van der Waals surface area contributed by atoms with Crippen molar-refractivity contribution in [2.45, 2.75) is 32.4 Å². The van der Waals surface area contributed by atoms with Gasteiger partial charge in [0.05, 0.1) is 0 Å². The van der Waals surface area contributed by atoms with Gasteiger partial charge in [-0.2, -0.15) is 0 Å². The lowest BCUT2D eigenvalue weighted by atomic mass is 10.2. The van der Waals surface area contributed by atoms with Gasteiger partial charge in [-0.15, -0.1) is 0 Å². The maximum absolute atomic E-state index is 13.0. The minimum absolute atomic E-state index is 0.173. The number of benzene rings is 1. The molecule has 0 aliphatic rings. The van der Waals surface area contributed by atoms with Gasteiger partial charge in [-0.3, -0.25) is 0 Å². The van der Waals surface area contributed by atoms with Crippen molar-refractivity contribution in [1.82, 2.24) is 5.32 Å². The Morgan fingerprint density at radius 1 is 1.38 bits per heavy atom. The Balaban J connectivity index is 2.58. The first-order valence-electron chi connectivity index (χ1n) is 6.28. The third-order valence-electron chi connectivity index (χ3n) is 2.20. The van der Waals surface area contributed by atoms with Gasteiger partial charge in [0.2, 0.25) is 0 Å². The summed E-state index contributed by atoms with van der Waals surface area (Å²) in [6.45, 7) is 4.63.